The second-order valence-corrected chi connectivity index (χ2v) is 6.04. The Morgan fingerprint density at radius 1 is 1.21 bits per heavy atom. The number of hydrazone groups is 1. The van der Waals surface area contributed by atoms with Crippen LogP contribution >= 0.6 is 23.2 Å². The quantitative estimate of drug-likeness (QED) is 0.566. The zero-order valence-corrected chi connectivity index (χ0v) is 14.3. The summed E-state index contributed by atoms with van der Waals surface area (Å²) in [6.45, 7) is 1.92. The van der Waals surface area contributed by atoms with Crippen molar-refractivity contribution in [2.45, 2.75) is 13.5 Å². The molecule has 24 heavy (non-hydrogen) atoms. The molecule has 2 aromatic carbocycles. The Labute approximate surface area is 148 Å². The molecule has 0 spiro atoms. The van der Waals surface area contributed by atoms with Crippen LogP contribution in [-0.2, 0) is 11.3 Å². The molecule has 3 rings (SSSR count). The Morgan fingerprint density at radius 2 is 2.00 bits per heavy atom. The summed E-state index contributed by atoms with van der Waals surface area (Å²) in [5.74, 6) is -0.238. The molecule has 0 saturated carbocycles. The van der Waals surface area contributed by atoms with Gasteiger partial charge in [-0.05, 0) is 36.8 Å². The number of halogens is 2. The van der Waals surface area contributed by atoms with Crippen molar-refractivity contribution in [3.8, 4) is 0 Å². The molecule has 7 heteroatoms. The summed E-state index contributed by atoms with van der Waals surface area (Å²) in [4.78, 5) is 16.3. The van der Waals surface area contributed by atoms with Crippen LogP contribution in [0, 0.1) is 0 Å². The lowest BCUT2D eigenvalue weighted by Crippen LogP contribution is -2.24. The zero-order chi connectivity index (χ0) is 17.1. The molecule has 0 aliphatic carbocycles. The minimum Gasteiger partial charge on any atom is -0.321 e. The van der Waals surface area contributed by atoms with Crippen molar-refractivity contribution < 1.29 is 4.79 Å². The zero-order valence-electron chi connectivity index (χ0n) is 12.8. The molecule has 5 nitrogen and oxygen atoms in total. The van der Waals surface area contributed by atoms with Crippen LogP contribution in [0.2, 0.25) is 10.0 Å². The van der Waals surface area contributed by atoms with Crippen molar-refractivity contribution in [1.82, 2.24) is 15.0 Å². The van der Waals surface area contributed by atoms with Gasteiger partial charge < -0.3 is 4.57 Å². The van der Waals surface area contributed by atoms with Crippen LogP contribution in [0.1, 0.15) is 12.5 Å². The highest BCUT2D eigenvalue weighted by Crippen LogP contribution is 2.22. The molecule has 122 valence electrons. The van der Waals surface area contributed by atoms with Gasteiger partial charge in [-0.3, -0.25) is 4.79 Å². The van der Waals surface area contributed by atoms with Crippen LogP contribution in [0.15, 0.2) is 53.9 Å². The van der Waals surface area contributed by atoms with E-state index in [2.05, 4.69) is 15.5 Å². The molecule has 1 N–H and O–H groups in total. The van der Waals surface area contributed by atoms with Gasteiger partial charge in [-0.25, -0.2) is 10.4 Å². The molecule has 0 saturated heterocycles. The standard InChI is InChI=1S/C17H14Cl2N4O/c1-11(12-6-7-13(18)14(19)8-12)21-22-17(24)9-23-10-20-15-4-2-3-5-16(15)23/h2-8,10H,9H2,1H3,(H,22,24)/b21-11-. The Hall–Kier alpha value is -2.37. The Morgan fingerprint density at radius 3 is 2.79 bits per heavy atom. The Bertz CT molecular complexity index is 933. The summed E-state index contributed by atoms with van der Waals surface area (Å²) >= 11 is 11.9. The number of aromatic nitrogens is 2. The second-order valence-electron chi connectivity index (χ2n) is 5.22. The first kappa shape index (κ1) is 16.5. The number of benzene rings is 2. The van der Waals surface area contributed by atoms with Crippen LogP contribution in [0.5, 0.6) is 0 Å². The number of carbonyl (C=O) groups is 1. The van der Waals surface area contributed by atoms with Crippen molar-refractivity contribution in [2.24, 2.45) is 5.10 Å². The number of para-hydroxylation sites is 2. The largest absolute Gasteiger partial charge is 0.321 e. The maximum atomic E-state index is 12.1. The lowest BCUT2D eigenvalue weighted by atomic mass is 10.1. The second kappa shape index (κ2) is 7.03. The fraction of sp³-hybridized carbons (Fsp3) is 0.118. The molecule has 0 bridgehead atoms. The lowest BCUT2D eigenvalue weighted by molar-refractivity contribution is -0.121. The number of nitrogens with one attached hydrogen (secondary N) is 1. The van der Waals surface area contributed by atoms with E-state index in [0.29, 0.717) is 15.8 Å². The molecular formula is C17H14Cl2N4O. The average Bonchev–Trinajstić information content (AvgIpc) is 2.98. The minimum atomic E-state index is -0.238. The van der Waals surface area contributed by atoms with Crippen LogP contribution in [-0.4, -0.2) is 21.2 Å². The third kappa shape index (κ3) is 3.58. The first-order valence-electron chi connectivity index (χ1n) is 7.23. The van der Waals surface area contributed by atoms with Crippen LogP contribution in [0.25, 0.3) is 11.0 Å². The predicted octanol–water partition coefficient (Wildman–Crippen LogP) is 3.88. The van der Waals surface area contributed by atoms with Gasteiger partial charge in [0.15, 0.2) is 0 Å². The van der Waals surface area contributed by atoms with Gasteiger partial charge in [-0.1, -0.05) is 41.4 Å². The van der Waals surface area contributed by atoms with Crippen molar-refractivity contribution in [2.75, 3.05) is 0 Å². The van der Waals surface area contributed by atoms with Gasteiger partial charge in [0.2, 0.25) is 0 Å². The van der Waals surface area contributed by atoms with E-state index >= 15 is 0 Å². The monoisotopic (exact) mass is 360 g/mol. The molecule has 0 atom stereocenters. The summed E-state index contributed by atoms with van der Waals surface area (Å²) in [7, 11) is 0. The maximum Gasteiger partial charge on any atom is 0.260 e. The summed E-state index contributed by atoms with van der Waals surface area (Å²) < 4.78 is 1.77. The number of fused-ring (bicyclic) bond motifs is 1. The van der Waals surface area contributed by atoms with Crippen LogP contribution in [0.3, 0.4) is 0 Å². The molecule has 0 fully saturated rings. The van der Waals surface area contributed by atoms with Gasteiger partial charge in [-0.15, -0.1) is 0 Å². The first-order chi connectivity index (χ1) is 11.5. The number of hydrogen-bond donors (Lipinski definition) is 1. The summed E-state index contributed by atoms with van der Waals surface area (Å²) in [5, 5.41) is 5.03. The average molecular weight is 361 g/mol. The van der Waals surface area contributed by atoms with E-state index in [-0.39, 0.29) is 12.5 Å². The first-order valence-corrected chi connectivity index (χ1v) is 7.98. The van der Waals surface area contributed by atoms with E-state index in [9.17, 15) is 4.79 Å². The summed E-state index contributed by atoms with van der Waals surface area (Å²) in [6, 6.07) is 12.8. The SMILES string of the molecule is C/C(=N/NC(=O)Cn1cnc2ccccc21)c1ccc(Cl)c(Cl)c1. The number of nitrogens with zero attached hydrogens (tertiary/aromatic N) is 3. The molecule has 1 heterocycles. The number of rotatable bonds is 4. The Kier molecular flexibility index (Phi) is 4.83. The van der Waals surface area contributed by atoms with E-state index < -0.39 is 0 Å². The van der Waals surface area contributed by atoms with E-state index in [1.165, 1.54) is 0 Å². The minimum absolute atomic E-state index is 0.138. The molecule has 0 radical (unpaired) electrons. The van der Waals surface area contributed by atoms with E-state index in [1.54, 1.807) is 36.0 Å². The highest BCUT2D eigenvalue weighted by molar-refractivity contribution is 6.42. The fourth-order valence-electron chi connectivity index (χ4n) is 2.26. The van der Waals surface area contributed by atoms with Gasteiger partial charge >= 0.3 is 0 Å². The molecule has 0 aliphatic heterocycles. The van der Waals surface area contributed by atoms with Crippen molar-refractivity contribution in [1.29, 1.82) is 0 Å². The van der Waals surface area contributed by atoms with Gasteiger partial charge in [0.25, 0.3) is 5.91 Å². The Balaban J connectivity index is 1.69. The van der Waals surface area contributed by atoms with Gasteiger partial charge in [-0.2, -0.15) is 5.10 Å². The molecule has 1 aromatic heterocycles. The van der Waals surface area contributed by atoms with E-state index in [4.69, 9.17) is 23.2 Å². The number of imidazole rings is 1. The molecule has 3 aromatic rings. The van der Waals surface area contributed by atoms with E-state index in [0.717, 1.165) is 16.6 Å². The smallest absolute Gasteiger partial charge is 0.260 e. The third-order valence-electron chi connectivity index (χ3n) is 3.53. The molecule has 1 amide bonds. The molecule has 0 aliphatic rings. The maximum absolute atomic E-state index is 12.1. The van der Waals surface area contributed by atoms with Crippen molar-refractivity contribution in [3.63, 3.8) is 0 Å². The highest BCUT2D eigenvalue weighted by Gasteiger charge is 2.07. The van der Waals surface area contributed by atoms with Crippen molar-refractivity contribution in [3.05, 3.63) is 64.4 Å². The van der Waals surface area contributed by atoms with Crippen molar-refractivity contribution >= 4 is 45.9 Å². The number of carbonyl (C=O) groups excluding carboxylic acids is 1. The van der Waals surface area contributed by atoms with Gasteiger partial charge in [0.1, 0.15) is 6.54 Å². The molecule has 0 unspecified atom stereocenters. The van der Waals surface area contributed by atoms with Gasteiger partial charge in [0.05, 0.1) is 33.1 Å². The highest BCUT2D eigenvalue weighted by atomic mass is 35.5. The molecular weight excluding hydrogens is 347 g/mol. The predicted molar refractivity (Wildman–Crippen MR) is 96.5 cm³/mol. The van der Waals surface area contributed by atoms with Crippen LogP contribution in [0.4, 0.5) is 0 Å². The topological polar surface area (TPSA) is 59.3 Å². The summed E-state index contributed by atoms with van der Waals surface area (Å²) in [6.07, 6.45) is 1.64. The normalized spacial score (nSPS) is 11.7. The van der Waals surface area contributed by atoms with E-state index in [1.807, 2.05) is 24.3 Å². The lowest BCUT2D eigenvalue weighted by Gasteiger charge is -2.05. The summed E-state index contributed by atoms with van der Waals surface area (Å²) in [5.41, 5.74) is 5.72. The number of hydrogen-bond acceptors (Lipinski definition) is 3. The fourth-order valence-corrected chi connectivity index (χ4v) is 2.56. The van der Waals surface area contributed by atoms with Crippen LogP contribution < -0.4 is 5.43 Å². The number of amides is 1. The van der Waals surface area contributed by atoms with Gasteiger partial charge in [0, 0.05) is 0 Å². The third-order valence-corrected chi connectivity index (χ3v) is 4.27.